The van der Waals surface area contributed by atoms with Crippen LogP contribution >= 0.6 is 23.1 Å². The number of fused-ring (bicyclic) bond motifs is 2. The molecule has 0 atom stereocenters. The Morgan fingerprint density at radius 2 is 2.10 bits per heavy atom. The van der Waals surface area contributed by atoms with Gasteiger partial charge in [0, 0.05) is 17.0 Å². The van der Waals surface area contributed by atoms with Crippen LogP contribution in [0, 0.1) is 0 Å². The number of thioether (sulfide) groups is 1. The fourth-order valence-electron chi connectivity index (χ4n) is 3.05. The molecule has 0 aliphatic carbocycles. The first-order valence-corrected chi connectivity index (χ1v) is 11.1. The number of thiophene rings is 1. The zero-order chi connectivity index (χ0) is 20.4. The largest absolute Gasteiger partial charge is 0.486 e. The van der Waals surface area contributed by atoms with Crippen molar-refractivity contribution >= 4 is 39.1 Å². The molecule has 6 nitrogen and oxygen atoms in total. The van der Waals surface area contributed by atoms with E-state index in [1.165, 1.54) is 23.1 Å². The maximum atomic E-state index is 12.9. The summed E-state index contributed by atoms with van der Waals surface area (Å²) < 4.78 is 12.6. The molecule has 0 N–H and O–H groups in total. The van der Waals surface area contributed by atoms with E-state index in [2.05, 4.69) is 18.5 Å². The zero-order valence-electron chi connectivity index (χ0n) is 16.0. The van der Waals surface area contributed by atoms with Gasteiger partial charge in [-0.25, -0.2) is 4.98 Å². The van der Waals surface area contributed by atoms with Crippen LogP contribution in [0.4, 0.5) is 0 Å². The molecule has 0 amide bonds. The monoisotopic (exact) mass is 428 g/mol. The molecule has 1 aliphatic heterocycles. The fraction of sp³-hybridized carbons (Fsp3) is 0.286. The molecule has 2 aromatic heterocycles. The first kappa shape index (κ1) is 19.7. The summed E-state index contributed by atoms with van der Waals surface area (Å²) in [6, 6.07) is 7.10. The molecule has 150 valence electrons. The summed E-state index contributed by atoms with van der Waals surface area (Å²) in [5.74, 6) is 1.34. The van der Waals surface area contributed by atoms with Crippen LogP contribution < -0.4 is 15.0 Å². The topological polar surface area (TPSA) is 70.4 Å². The van der Waals surface area contributed by atoms with E-state index in [9.17, 15) is 9.59 Å². The van der Waals surface area contributed by atoms with Gasteiger partial charge >= 0.3 is 0 Å². The predicted molar refractivity (Wildman–Crippen MR) is 116 cm³/mol. The quantitative estimate of drug-likeness (QED) is 0.246. The van der Waals surface area contributed by atoms with E-state index in [0.29, 0.717) is 52.2 Å². The van der Waals surface area contributed by atoms with E-state index < -0.39 is 0 Å². The Hall–Kier alpha value is -2.58. The molecule has 0 bridgehead atoms. The van der Waals surface area contributed by atoms with Crippen LogP contribution in [-0.4, -0.2) is 34.3 Å². The van der Waals surface area contributed by atoms with Crippen LogP contribution in [0.15, 0.2) is 46.9 Å². The van der Waals surface area contributed by atoms with Gasteiger partial charge in [0.2, 0.25) is 0 Å². The number of allylic oxidation sites excluding steroid dienone is 1. The summed E-state index contributed by atoms with van der Waals surface area (Å²) in [4.78, 5) is 32.1. The summed E-state index contributed by atoms with van der Waals surface area (Å²) in [6.45, 7) is 7.11. The molecule has 0 saturated heterocycles. The number of ether oxygens (including phenoxy) is 2. The van der Waals surface area contributed by atoms with Gasteiger partial charge in [0.05, 0.1) is 11.1 Å². The highest BCUT2D eigenvalue weighted by atomic mass is 32.2. The van der Waals surface area contributed by atoms with Crippen molar-refractivity contribution < 1.29 is 14.3 Å². The third kappa shape index (κ3) is 3.95. The van der Waals surface area contributed by atoms with Gasteiger partial charge in [-0.3, -0.25) is 14.2 Å². The number of carbonyl (C=O) groups is 1. The number of benzene rings is 1. The van der Waals surface area contributed by atoms with Crippen LogP contribution in [0.3, 0.4) is 0 Å². The van der Waals surface area contributed by atoms with E-state index in [1.807, 2.05) is 6.07 Å². The Morgan fingerprint density at radius 1 is 1.31 bits per heavy atom. The minimum Gasteiger partial charge on any atom is -0.486 e. The number of carbonyl (C=O) groups excluding carboxylic acids is 1. The molecule has 0 spiro atoms. The maximum Gasteiger partial charge on any atom is 0.263 e. The molecule has 1 aliphatic rings. The molecular formula is C21H20N2O4S2. The van der Waals surface area contributed by atoms with Gasteiger partial charge in [-0.05, 0) is 30.7 Å². The molecule has 3 heterocycles. The van der Waals surface area contributed by atoms with Gasteiger partial charge in [0.1, 0.15) is 18.0 Å². The van der Waals surface area contributed by atoms with Crippen molar-refractivity contribution in [2.45, 2.75) is 25.0 Å². The van der Waals surface area contributed by atoms with E-state index in [-0.39, 0.29) is 17.1 Å². The molecule has 1 aromatic carbocycles. The number of rotatable bonds is 7. The molecule has 0 fully saturated rings. The van der Waals surface area contributed by atoms with Crippen LogP contribution in [0.2, 0.25) is 0 Å². The summed E-state index contributed by atoms with van der Waals surface area (Å²) in [6.07, 6.45) is 2.52. The third-order valence-electron chi connectivity index (χ3n) is 4.52. The van der Waals surface area contributed by atoms with Crippen molar-refractivity contribution in [2.24, 2.45) is 0 Å². The molecule has 4 rings (SSSR count). The van der Waals surface area contributed by atoms with Crippen molar-refractivity contribution in [3.63, 3.8) is 0 Å². The lowest BCUT2D eigenvalue weighted by Gasteiger charge is -2.18. The predicted octanol–water partition coefficient (Wildman–Crippen LogP) is 3.95. The highest BCUT2D eigenvalue weighted by Crippen LogP contribution is 2.31. The van der Waals surface area contributed by atoms with E-state index in [1.54, 1.807) is 28.8 Å². The Kier molecular flexibility index (Phi) is 5.73. The van der Waals surface area contributed by atoms with Gasteiger partial charge in [-0.1, -0.05) is 24.8 Å². The minimum absolute atomic E-state index is 0.0631. The first-order chi connectivity index (χ1) is 14.1. The van der Waals surface area contributed by atoms with Gasteiger partial charge < -0.3 is 9.47 Å². The van der Waals surface area contributed by atoms with Crippen molar-refractivity contribution in [3.8, 4) is 11.5 Å². The number of hydrogen-bond acceptors (Lipinski definition) is 7. The number of aryl methyl sites for hydroxylation is 1. The zero-order valence-corrected chi connectivity index (χ0v) is 17.6. The smallest absolute Gasteiger partial charge is 0.263 e. The normalized spacial score (nSPS) is 12.9. The van der Waals surface area contributed by atoms with Gasteiger partial charge in [-0.2, -0.15) is 0 Å². The highest BCUT2D eigenvalue weighted by molar-refractivity contribution is 7.99. The average Bonchev–Trinajstić information content (AvgIpc) is 3.17. The van der Waals surface area contributed by atoms with E-state index >= 15 is 0 Å². The SMILES string of the molecule is C=CCn1c(SCC(=O)c2ccc3c(c2)OCCO3)nc2sc(CC)cc2c1=O. The lowest BCUT2D eigenvalue weighted by Crippen LogP contribution is -2.22. The Morgan fingerprint density at radius 3 is 2.86 bits per heavy atom. The Labute approximate surface area is 176 Å². The third-order valence-corrected chi connectivity index (χ3v) is 6.67. The highest BCUT2D eigenvalue weighted by Gasteiger charge is 2.18. The molecule has 8 heteroatoms. The lowest BCUT2D eigenvalue weighted by molar-refractivity contribution is 0.102. The van der Waals surface area contributed by atoms with Crippen LogP contribution in [-0.2, 0) is 13.0 Å². The second-order valence-corrected chi connectivity index (χ2v) is 8.51. The van der Waals surface area contributed by atoms with Crippen molar-refractivity contribution in [1.29, 1.82) is 0 Å². The number of Topliss-reactive ketones (excluding diaryl/α,β-unsaturated/α-hetero) is 1. The van der Waals surface area contributed by atoms with Crippen molar-refractivity contribution in [2.75, 3.05) is 19.0 Å². The van der Waals surface area contributed by atoms with Crippen LogP contribution in [0.5, 0.6) is 11.5 Å². The van der Waals surface area contributed by atoms with Crippen LogP contribution in [0.1, 0.15) is 22.2 Å². The summed E-state index contributed by atoms with van der Waals surface area (Å²) in [5, 5.41) is 1.15. The molecule has 0 radical (unpaired) electrons. The lowest BCUT2D eigenvalue weighted by atomic mass is 10.1. The summed E-state index contributed by atoms with van der Waals surface area (Å²) >= 11 is 2.78. The van der Waals surface area contributed by atoms with E-state index in [0.717, 1.165) is 11.3 Å². The second kappa shape index (κ2) is 8.42. The number of ketones is 1. The standard InChI is InChI=1S/C21H20N2O4S2/c1-3-7-23-20(25)15-11-14(4-2)29-19(15)22-21(23)28-12-16(24)13-5-6-17-18(10-13)27-9-8-26-17/h3,5-6,10-11H,1,4,7-9,12H2,2H3. The average molecular weight is 429 g/mol. The van der Waals surface area contributed by atoms with Crippen molar-refractivity contribution in [3.05, 3.63) is 57.7 Å². The maximum absolute atomic E-state index is 12.9. The first-order valence-electron chi connectivity index (χ1n) is 9.30. The number of hydrogen-bond donors (Lipinski definition) is 0. The Balaban J connectivity index is 1.60. The Bertz CT molecular complexity index is 1150. The second-order valence-electron chi connectivity index (χ2n) is 6.45. The van der Waals surface area contributed by atoms with Crippen LogP contribution in [0.25, 0.3) is 10.2 Å². The molecule has 0 unspecified atom stereocenters. The molecule has 29 heavy (non-hydrogen) atoms. The minimum atomic E-state index is -0.0971. The molecule has 3 aromatic rings. The van der Waals surface area contributed by atoms with Gasteiger partial charge in [-0.15, -0.1) is 17.9 Å². The van der Waals surface area contributed by atoms with Gasteiger partial charge in [0.15, 0.2) is 22.4 Å². The number of aromatic nitrogens is 2. The van der Waals surface area contributed by atoms with Crippen molar-refractivity contribution in [1.82, 2.24) is 9.55 Å². The summed E-state index contributed by atoms with van der Waals surface area (Å²) in [5.41, 5.74) is 0.449. The summed E-state index contributed by atoms with van der Waals surface area (Å²) in [7, 11) is 0. The fourth-order valence-corrected chi connectivity index (χ4v) is 4.96. The van der Waals surface area contributed by atoms with E-state index in [4.69, 9.17) is 9.47 Å². The molecule has 0 saturated carbocycles. The van der Waals surface area contributed by atoms with Gasteiger partial charge in [0.25, 0.3) is 5.56 Å². The molecular weight excluding hydrogens is 408 g/mol. The number of nitrogens with zero attached hydrogens (tertiary/aromatic N) is 2.